The first-order chi connectivity index (χ1) is 9.37. The van der Waals surface area contributed by atoms with Crippen molar-refractivity contribution in [2.45, 2.75) is 36.6 Å². The van der Waals surface area contributed by atoms with Crippen molar-refractivity contribution in [2.24, 2.45) is 0 Å². The molecule has 1 fully saturated rings. The first kappa shape index (κ1) is 15.8. The van der Waals surface area contributed by atoms with Crippen LogP contribution in [0.25, 0.3) is 0 Å². The molecule has 0 aliphatic carbocycles. The minimum atomic E-state index is -3.55. The van der Waals surface area contributed by atoms with Gasteiger partial charge in [0.25, 0.3) is 0 Å². The van der Waals surface area contributed by atoms with Crippen LogP contribution in [0.3, 0.4) is 0 Å². The van der Waals surface area contributed by atoms with E-state index < -0.39 is 10.0 Å². The molecule has 2 heterocycles. The maximum Gasteiger partial charge on any atom is 0.246 e. The molecule has 8 heteroatoms. The van der Waals surface area contributed by atoms with E-state index >= 15 is 0 Å². The number of hydrogen-bond donors (Lipinski definition) is 1. The van der Waals surface area contributed by atoms with Crippen LogP contribution in [0.5, 0.6) is 0 Å². The van der Waals surface area contributed by atoms with Crippen LogP contribution in [0.1, 0.15) is 24.2 Å². The van der Waals surface area contributed by atoms with Crippen LogP contribution in [0.4, 0.5) is 0 Å². The molecule has 0 saturated carbocycles. The zero-order valence-corrected chi connectivity index (χ0v) is 13.6. The number of aromatic amines is 1. The van der Waals surface area contributed by atoms with E-state index in [1.54, 1.807) is 14.0 Å². The van der Waals surface area contributed by atoms with Gasteiger partial charge in [-0.3, -0.25) is 5.10 Å². The smallest absolute Gasteiger partial charge is 0.246 e. The molecule has 1 aromatic heterocycles. The van der Waals surface area contributed by atoms with Gasteiger partial charge in [-0.05, 0) is 33.4 Å². The second-order valence-corrected chi connectivity index (χ2v) is 7.57. The molecule has 0 aromatic carbocycles. The second-order valence-electron chi connectivity index (χ2n) is 5.32. The van der Waals surface area contributed by atoms with Crippen molar-refractivity contribution in [1.82, 2.24) is 19.4 Å². The number of sulfonamides is 1. The molecule has 1 aromatic rings. The lowest BCUT2D eigenvalue weighted by Gasteiger charge is -2.25. The fourth-order valence-corrected chi connectivity index (χ4v) is 4.46. The third-order valence-electron chi connectivity index (χ3n) is 3.90. The highest BCUT2D eigenvalue weighted by atomic mass is 35.5. The Kier molecular flexibility index (Phi) is 4.73. The predicted molar refractivity (Wildman–Crippen MR) is 78.3 cm³/mol. The number of hydrogen-bond acceptors (Lipinski definition) is 4. The number of H-pyrrole nitrogens is 1. The Labute approximate surface area is 125 Å². The predicted octanol–water partition coefficient (Wildman–Crippen LogP) is 1.17. The van der Waals surface area contributed by atoms with E-state index in [1.807, 2.05) is 7.05 Å². The van der Waals surface area contributed by atoms with Gasteiger partial charge in [0.15, 0.2) is 0 Å². The normalized spacial score (nSPS) is 20.9. The summed E-state index contributed by atoms with van der Waals surface area (Å²) in [6.45, 7) is 3.22. The van der Waals surface area contributed by atoms with Crippen LogP contribution in [0.2, 0.25) is 0 Å². The summed E-state index contributed by atoms with van der Waals surface area (Å²) in [6, 6.07) is 0.279. The van der Waals surface area contributed by atoms with Crippen molar-refractivity contribution in [3.8, 4) is 0 Å². The molecule has 6 nitrogen and oxygen atoms in total. The molecule has 0 amide bonds. The van der Waals surface area contributed by atoms with Crippen LogP contribution in [0, 0.1) is 6.92 Å². The fourth-order valence-electron chi connectivity index (χ4n) is 2.66. The molecule has 0 bridgehead atoms. The van der Waals surface area contributed by atoms with E-state index in [1.165, 1.54) is 4.31 Å². The van der Waals surface area contributed by atoms with Gasteiger partial charge < -0.3 is 4.90 Å². The summed E-state index contributed by atoms with van der Waals surface area (Å²) >= 11 is 5.78. The molecule has 1 aliphatic rings. The Morgan fingerprint density at radius 2 is 2.25 bits per heavy atom. The summed E-state index contributed by atoms with van der Waals surface area (Å²) in [4.78, 5) is 2.42. The third-order valence-corrected chi connectivity index (χ3v) is 6.18. The lowest BCUT2D eigenvalue weighted by molar-refractivity contribution is 0.271. The quantitative estimate of drug-likeness (QED) is 0.827. The molecule has 2 rings (SSSR count). The molecule has 20 heavy (non-hydrogen) atoms. The number of halogens is 1. The van der Waals surface area contributed by atoms with Crippen molar-refractivity contribution in [3.63, 3.8) is 0 Å². The van der Waals surface area contributed by atoms with Crippen molar-refractivity contribution in [2.75, 3.05) is 27.2 Å². The van der Waals surface area contributed by atoms with Gasteiger partial charge in [-0.15, -0.1) is 11.6 Å². The van der Waals surface area contributed by atoms with Crippen LogP contribution in [-0.4, -0.2) is 61.0 Å². The highest BCUT2D eigenvalue weighted by Gasteiger charge is 2.31. The highest BCUT2D eigenvalue weighted by molar-refractivity contribution is 7.89. The van der Waals surface area contributed by atoms with E-state index in [4.69, 9.17) is 11.6 Å². The molecular formula is C12H21ClN4O2S. The minimum absolute atomic E-state index is 0.0794. The standard InChI is InChI=1S/C12H21ClN4O2S/c1-9-12(11(7-13)15-14-9)20(18,19)17(3)8-10-5-4-6-16(10)2/h10H,4-8H2,1-3H3,(H,14,15). The van der Waals surface area contributed by atoms with Gasteiger partial charge in [-0.25, -0.2) is 8.42 Å². The monoisotopic (exact) mass is 320 g/mol. The van der Waals surface area contributed by atoms with Gasteiger partial charge in [-0.1, -0.05) is 0 Å². The number of rotatable bonds is 5. The Morgan fingerprint density at radius 3 is 2.80 bits per heavy atom. The van der Waals surface area contributed by atoms with E-state index in [2.05, 4.69) is 15.1 Å². The van der Waals surface area contributed by atoms with Gasteiger partial charge in [0.2, 0.25) is 10.0 Å². The SMILES string of the molecule is Cc1[nH]nc(CCl)c1S(=O)(=O)N(C)CC1CCCN1C. The number of aromatic nitrogens is 2. The summed E-state index contributed by atoms with van der Waals surface area (Å²) in [5.74, 6) is 0.0794. The van der Waals surface area contributed by atoms with Crippen LogP contribution >= 0.6 is 11.6 Å². The highest BCUT2D eigenvalue weighted by Crippen LogP contribution is 2.24. The Bertz CT molecular complexity index is 572. The van der Waals surface area contributed by atoms with Crippen molar-refractivity contribution >= 4 is 21.6 Å². The number of alkyl halides is 1. The topological polar surface area (TPSA) is 69.3 Å². The van der Waals surface area contributed by atoms with Gasteiger partial charge in [-0.2, -0.15) is 9.40 Å². The van der Waals surface area contributed by atoms with Crippen LogP contribution in [-0.2, 0) is 15.9 Å². The average molecular weight is 321 g/mol. The molecule has 114 valence electrons. The number of likely N-dealkylation sites (tertiary alicyclic amines) is 1. The summed E-state index contributed by atoms with van der Waals surface area (Å²) in [5, 5.41) is 6.66. The maximum absolute atomic E-state index is 12.7. The molecule has 1 aliphatic heterocycles. The Hall–Kier alpha value is -0.630. The molecule has 0 spiro atoms. The summed E-state index contributed by atoms with van der Waals surface area (Å²) < 4.78 is 26.8. The summed E-state index contributed by atoms with van der Waals surface area (Å²) in [7, 11) is 0.0987. The largest absolute Gasteiger partial charge is 0.302 e. The van der Waals surface area contributed by atoms with E-state index in [-0.39, 0.29) is 16.8 Å². The Balaban J connectivity index is 2.23. The van der Waals surface area contributed by atoms with Crippen molar-refractivity contribution < 1.29 is 8.42 Å². The Morgan fingerprint density at radius 1 is 1.55 bits per heavy atom. The number of nitrogens with one attached hydrogen (secondary N) is 1. The zero-order valence-electron chi connectivity index (χ0n) is 12.1. The average Bonchev–Trinajstić information content (AvgIpc) is 2.96. The maximum atomic E-state index is 12.7. The fraction of sp³-hybridized carbons (Fsp3) is 0.750. The molecule has 1 N–H and O–H groups in total. The van der Waals surface area contributed by atoms with Crippen molar-refractivity contribution in [3.05, 3.63) is 11.4 Å². The summed E-state index contributed by atoms with van der Waals surface area (Å²) in [5.41, 5.74) is 0.920. The van der Waals surface area contributed by atoms with E-state index in [0.717, 1.165) is 19.4 Å². The minimum Gasteiger partial charge on any atom is -0.302 e. The molecular weight excluding hydrogens is 300 g/mol. The van der Waals surface area contributed by atoms with Gasteiger partial charge in [0, 0.05) is 19.6 Å². The number of nitrogens with zero attached hydrogens (tertiary/aromatic N) is 3. The van der Waals surface area contributed by atoms with Crippen LogP contribution < -0.4 is 0 Å². The van der Waals surface area contributed by atoms with E-state index in [9.17, 15) is 8.42 Å². The van der Waals surface area contributed by atoms with Gasteiger partial charge in [0.1, 0.15) is 4.90 Å². The lowest BCUT2D eigenvalue weighted by Crippen LogP contribution is -2.39. The molecule has 0 radical (unpaired) electrons. The summed E-state index contributed by atoms with van der Waals surface area (Å²) in [6.07, 6.45) is 2.15. The van der Waals surface area contributed by atoms with Crippen molar-refractivity contribution in [1.29, 1.82) is 0 Å². The second kappa shape index (κ2) is 6.01. The lowest BCUT2D eigenvalue weighted by atomic mass is 10.2. The number of likely N-dealkylation sites (N-methyl/N-ethyl adjacent to an activating group) is 2. The third kappa shape index (κ3) is 2.86. The van der Waals surface area contributed by atoms with E-state index in [0.29, 0.717) is 17.9 Å². The first-order valence-electron chi connectivity index (χ1n) is 6.64. The zero-order chi connectivity index (χ0) is 14.9. The van der Waals surface area contributed by atoms with Gasteiger partial charge >= 0.3 is 0 Å². The molecule has 1 saturated heterocycles. The molecule has 1 atom stereocenters. The first-order valence-corrected chi connectivity index (χ1v) is 8.61. The number of aryl methyl sites for hydroxylation is 1. The molecule has 1 unspecified atom stereocenters. The van der Waals surface area contributed by atoms with Crippen LogP contribution in [0.15, 0.2) is 4.90 Å². The van der Waals surface area contributed by atoms with Gasteiger partial charge in [0.05, 0.1) is 17.3 Å².